The lowest BCUT2D eigenvalue weighted by Gasteiger charge is -2.48. The van der Waals surface area contributed by atoms with E-state index in [1.807, 2.05) is 0 Å². The van der Waals surface area contributed by atoms with Crippen LogP contribution < -0.4 is 0 Å². The molecular weight excluding hydrogens is 374 g/mol. The van der Waals surface area contributed by atoms with Gasteiger partial charge in [-0.15, -0.1) is 0 Å². The fourth-order valence-electron chi connectivity index (χ4n) is 6.25. The second-order valence-electron chi connectivity index (χ2n) is 9.09. The lowest BCUT2D eigenvalue weighted by molar-refractivity contribution is -0.129. The standard InChI is InChI=1S/C22H31NO4S/c1-3-23(28(25,26)27)13-11-15-4-6-17-16(14-15)5-7-19-18(17)10-12-22(2)20(19)8-9-21(22)24/h4,6,14,18-20H,3,5,7-13H2,1-2H3,(H,25,26,27)/t18-,19-,20+,22+/m1/s1. The van der Waals surface area contributed by atoms with Crippen LogP contribution in [0.3, 0.4) is 0 Å². The predicted octanol–water partition coefficient (Wildman–Crippen LogP) is 3.78. The van der Waals surface area contributed by atoms with E-state index >= 15 is 0 Å². The van der Waals surface area contributed by atoms with Crippen LogP contribution in [0.4, 0.5) is 0 Å². The Morgan fingerprint density at radius 3 is 2.71 bits per heavy atom. The van der Waals surface area contributed by atoms with Gasteiger partial charge in [0.25, 0.3) is 0 Å². The summed E-state index contributed by atoms with van der Waals surface area (Å²) in [7, 11) is -4.13. The summed E-state index contributed by atoms with van der Waals surface area (Å²) in [4.78, 5) is 12.5. The summed E-state index contributed by atoms with van der Waals surface area (Å²) in [5, 5.41) is 0. The van der Waals surface area contributed by atoms with Crippen LogP contribution in [-0.4, -0.2) is 36.1 Å². The Balaban J connectivity index is 1.51. The molecule has 1 aromatic carbocycles. The summed E-state index contributed by atoms with van der Waals surface area (Å²) >= 11 is 0. The maximum atomic E-state index is 12.5. The maximum absolute atomic E-state index is 12.5. The highest BCUT2D eigenvalue weighted by Gasteiger charge is 2.54. The minimum Gasteiger partial charge on any atom is -0.299 e. The number of Topliss-reactive ketones (excluding diaryl/α,β-unsaturated/α-hetero) is 1. The molecule has 0 radical (unpaired) electrons. The highest BCUT2D eigenvalue weighted by atomic mass is 32.2. The molecule has 0 aromatic heterocycles. The monoisotopic (exact) mass is 405 g/mol. The van der Waals surface area contributed by atoms with Crippen molar-refractivity contribution >= 4 is 16.1 Å². The molecule has 5 nitrogen and oxygen atoms in total. The first kappa shape index (κ1) is 20.0. The zero-order chi connectivity index (χ0) is 20.1. The Kier molecular flexibility index (Phi) is 5.17. The number of hydrogen-bond acceptors (Lipinski definition) is 3. The third-order valence-corrected chi connectivity index (χ3v) is 8.92. The molecule has 2 fully saturated rings. The molecule has 6 heteroatoms. The van der Waals surface area contributed by atoms with Crippen LogP contribution in [0.2, 0.25) is 0 Å². The van der Waals surface area contributed by atoms with Gasteiger partial charge in [0.2, 0.25) is 0 Å². The lowest BCUT2D eigenvalue weighted by Crippen LogP contribution is -2.42. The first-order valence-electron chi connectivity index (χ1n) is 10.6. The number of carbonyl (C=O) groups excluding carboxylic acids is 1. The van der Waals surface area contributed by atoms with Crippen LogP contribution in [0, 0.1) is 17.3 Å². The molecule has 28 heavy (non-hydrogen) atoms. The second kappa shape index (κ2) is 7.22. The van der Waals surface area contributed by atoms with E-state index in [0.29, 0.717) is 36.5 Å². The van der Waals surface area contributed by atoms with E-state index in [-0.39, 0.29) is 12.0 Å². The van der Waals surface area contributed by atoms with E-state index in [4.69, 9.17) is 0 Å². The predicted molar refractivity (Wildman–Crippen MR) is 109 cm³/mol. The van der Waals surface area contributed by atoms with Crippen molar-refractivity contribution in [2.45, 2.75) is 64.7 Å². The second-order valence-corrected chi connectivity index (χ2v) is 10.5. The first-order valence-corrected chi connectivity index (χ1v) is 12.0. The number of nitrogens with zero attached hydrogens (tertiary/aromatic N) is 1. The molecule has 1 N–H and O–H groups in total. The molecule has 0 amide bonds. The molecule has 3 aliphatic rings. The molecule has 4 rings (SSSR count). The Bertz CT molecular complexity index is 881. The van der Waals surface area contributed by atoms with E-state index in [9.17, 15) is 17.8 Å². The molecule has 0 spiro atoms. The molecule has 0 saturated heterocycles. The van der Waals surface area contributed by atoms with E-state index in [0.717, 1.165) is 48.4 Å². The van der Waals surface area contributed by atoms with E-state index in [1.54, 1.807) is 6.92 Å². The largest absolute Gasteiger partial charge is 0.335 e. The molecule has 0 bridgehead atoms. The number of carbonyl (C=O) groups is 1. The Hall–Kier alpha value is -1.24. The Morgan fingerprint density at radius 1 is 1.21 bits per heavy atom. The molecule has 3 aliphatic carbocycles. The van der Waals surface area contributed by atoms with Crippen molar-refractivity contribution < 1.29 is 17.8 Å². The van der Waals surface area contributed by atoms with Gasteiger partial charge in [-0.1, -0.05) is 32.0 Å². The summed E-state index contributed by atoms with van der Waals surface area (Å²) < 4.78 is 33.1. The van der Waals surface area contributed by atoms with Crippen LogP contribution in [0.1, 0.15) is 68.6 Å². The minimum atomic E-state index is -4.13. The highest BCUT2D eigenvalue weighted by Crippen LogP contribution is 2.59. The molecule has 154 valence electrons. The number of ketones is 1. The SMILES string of the molecule is CCN(CCc1ccc2c(c1)CC[C@@H]1[C@@H]2CC[C@]2(C)C(=O)CC[C@@H]12)S(=O)(=O)O. The van der Waals surface area contributed by atoms with E-state index in [2.05, 4.69) is 25.1 Å². The summed E-state index contributed by atoms with van der Waals surface area (Å²) in [5.74, 6) is 2.21. The van der Waals surface area contributed by atoms with Gasteiger partial charge in [0.15, 0.2) is 0 Å². The lowest BCUT2D eigenvalue weighted by atomic mass is 9.55. The van der Waals surface area contributed by atoms with Crippen molar-refractivity contribution in [1.82, 2.24) is 4.31 Å². The summed E-state index contributed by atoms with van der Waals surface area (Å²) in [6.07, 6.45) is 6.73. The summed E-state index contributed by atoms with van der Waals surface area (Å²) in [5.41, 5.74) is 3.87. The molecular formula is C22H31NO4S. The summed E-state index contributed by atoms with van der Waals surface area (Å²) in [6, 6.07) is 6.59. The quantitative estimate of drug-likeness (QED) is 0.757. The normalized spacial score (nSPS) is 32.1. The third kappa shape index (κ3) is 3.33. The van der Waals surface area contributed by atoms with Gasteiger partial charge in [0.1, 0.15) is 5.78 Å². The van der Waals surface area contributed by atoms with Crippen LogP contribution in [0.5, 0.6) is 0 Å². The zero-order valence-electron chi connectivity index (χ0n) is 16.9. The third-order valence-electron chi connectivity index (χ3n) is 7.83. The van der Waals surface area contributed by atoms with Crippen molar-refractivity contribution in [2.24, 2.45) is 17.3 Å². The van der Waals surface area contributed by atoms with Gasteiger partial charge in [-0.2, -0.15) is 12.7 Å². The van der Waals surface area contributed by atoms with Gasteiger partial charge >= 0.3 is 10.3 Å². The van der Waals surface area contributed by atoms with Crippen LogP contribution in [0.25, 0.3) is 0 Å². The highest BCUT2D eigenvalue weighted by molar-refractivity contribution is 7.83. The smallest absolute Gasteiger partial charge is 0.299 e. The van der Waals surface area contributed by atoms with Crippen molar-refractivity contribution in [2.75, 3.05) is 13.1 Å². The van der Waals surface area contributed by atoms with Crippen LogP contribution >= 0.6 is 0 Å². The van der Waals surface area contributed by atoms with Gasteiger partial charge < -0.3 is 0 Å². The minimum absolute atomic E-state index is 0.0853. The van der Waals surface area contributed by atoms with Gasteiger partial charge in [0.05, 0.1) is 0 Å². The average Bonchev–Trinajstić information content (AvgIpc) is 2.95. The number of aryl methyl sites for hydroxylation is 1. The Labute approximate surface area is 168 Å². The van der Waals surface area contributed by atoms with Crippen LogP contribution in [0.15, 0.2) is 18.2 Å². The topological polar surface area (TPSA) is 74.7 Å². The number of likely N-dealkylation sites (N-methyl/N-ethyl adjacent to an activating group) is 1. The fourth-order valence-corrected chi connectivity index (χ4v) is 6.90. The molecule has 0 aliphatic heterocycles. The number of benzene rings is 1. The fraction of sp³-hybridized carbons (Fsp3) is 0.682. The van der Waals surface area contributed by atoms with E-state index < -0.39 is 10.3 Å². The van der Waals surface area contributed by atoms with Crippen molar-refractivity contribution in [3.63, 3.8) is 0 Å². The first-order chi connectivity index (χ1) is 13.2. The maximum Gasteiger partial charge on any atom is 0.335 e. The number of fused-ring (bicyclic) bond motifs is 5. The van der Waals surface area contributed by atoms with Gasteiger partial charge in [-0.05, 0) is 73.0 Å². The van der Waals surface area contributed by atoms with Gasteiger partial charge in [0, 0.05) is 24.9 Å². The van der Waals surface area contributed by atoms with Gasteiger partial charge in [-0.25, -0.2) is 0 Å². The van der Waals surface area contributed by atoms with Crippen molar-refractivity contribution in [1.29, 1.82) is 0 Å². The Morgan fingerprint density at radius 2 is 2.00 bits per heavy atom. The zero-order valence-corrected chi connectivity index (χ0v) is 17.7. The number of hydrogen-bond donors (Lipinski definition) is 1. The molecule has 0 heterocycles. The average molecular weight is 406 g/mol. The molecule has 0 unspecified atom stereocenters. The van der Waals surface area contributed by atoms with Crippen molar-refractivity contribution in [3.05, 3.63) is 34.9 Å². The van der Waals surface area contributed by atoms with Gasteiger partial charge in [-0.3, -0.25) is 9.35 Å². The summed E-state index contributed by atoms with van der Waals surface area (Å²) in [6.45, 7) is 4.50. The van der Waals surface area contributed by atoms with E-state index in [1.165, 1.54) is 11.1 Å². The molecule has 1 aromatic rings. The number of rotatable bonds is 5. The van der Waals surface area contributed by atoms with Crippen LogP contribution in [-0.2, 0) is 27.9 Å². The molecule has 2 saturated carbocycles. The van der Waals surface area contributed by atoms with Crippen molar-refractivity contribution in [3.8, 4) is 0 Å². The molecule has 4 atom stereocenters.